The van der Waals surface area contributed by atoms with Gasteiger partial charge in [-0.1, -0.05) is 5.92 Å². The van der Waals surface area contributed by atoms with Crippen molar-refractivity contribution in [2.75, 3.05) is 29.7 Å². The number of nitrogens with zero attached hydrogens (tertiary/aromatic N) is 3. The molecule has 7 heteroatoms. The summed E-state index contributed by atoms with van der Waals surface area (Å²) in [6.45, 7) is 0.304. The summed E-state index contributed by atoms with van der Waals surface area (Å²) in [5, 5.41) is 14.1. The van der Waals surface area contributed by atoms with Gasteiger partial charge in [-0.05, 0) is 0 Å². The van der Waals surface area contributed by atoms with Crippen LogP contribution in [0.4, 0.5) is 17.8 Å². The first-order valence-electron chi connectivity index (χ1n) is 3.81. The van der Waals surface area contributed by atoms with Gasteiger partial charge in [0.1, 0.15) is 0 Å². The summed E-state index contributed by atoms with van der Waals surface area (Å²) in [6, 6.07) is 0. The topological polar surface area (TPSA) is 95.0 Å². The van der Waals surface area contributed by atoms with Crippen LogP contribution in [0, 0.1) is 12.3 Å². The zero-order valence-electron chi connectivity index (χ0n) is 7.57. The molecule has 4 N–H and O–H groups in total. The Hall–Kier alpha value is -2.07. The quantitative estimate of drug-likeness (QED) is 0.388. The number of rotatable bonds is 4. The molecule has 7 nitrogen and oxygen atoms in total. The van der Waals surface area contributed by atoms with E-state index in [9.17, 15) is 0 Å². The Morgan fingerprint density at radius 3 is 2.50 bits per heavy atom. The van der Waals surface area contributed by atoms with Crippen LogP contribution in [0.25, 0.3) is 0 Å². The molecule has 0 radical (unpaired) electrons. The number of nitrogens with one attached hydrogen (secondary N) is 3. The largest absolute Gasteiger partial charge is 0.357 e. The second kappa shape index (κ2) is 4.84. The minimum Gasteiger partial charge on any atom is -0.357 e. The summed E-state index contributed by atoms with van der Waals surface area (Å²) in [7, 11) is 1.65. The molecule has 1 aromatic heterocycles. The zero-order chi connectivity index (χ0) is 10.4. The predicted molar refractivity (Wildman–Crippen MR) is 52.1 cm³/mol. The van der Waals surface area contributed by atoms with Gasteiger partial charge < -0.3 is 10.6 Å². The van der Waals surface area contributed by atoms with Crippen LogP contribution in [-0.2, 0) is 0 Å². The summed E-state index contributed by atoms with van der Waals surface area (Å²) in [4.78, 5) is 11.5. The van der Waals surface area contributed by atoms with Gasteiger partial charge in [-0.15, -0.1) is 6.42 Å². The van der Waals surface area contributed by atoms with E-state index in [1.807, 2.05) is 5.48 Å². The van der Waals surface area contributed by atoms with Crippen molar-refractivity contribution in [3.8, 4) is 12.3 Å². The van der Waals surface area contributed by atoms with E-state index in [4.69, 9.17) is 11.6 Å². The Balaban J connectivity index is 2.87. The standard InChI is InChI=1S/C7H10N6O/c1-3-4-9-6-10-5(8-2)11-7(12-6)13-14/h1,14H,4H2,2H3,(H3,8,9,10,11,12,13). The summed E-state index contributed by atoms with van der Waals surface area (Å²) in [5.74, 6) is 3.04. The van der Waals surface area contributed by atoms with Crippen LogP contribution in [0.1, 0.15) is 0 Å². The summed E-state index contributed by atoms with van der Waals surface area (Å²) in [6.07, 6.45) is 5.05. The molecule has 0 unspecified atom stereocenters. The third kappa shape index (κ3) is 2.46. The van der Waals surface area contributed by atoms with Gasteiger partial charge in [-0.3, -0.25) is 5.21 Å². The summed E-state index contributed by atoms with van der Waals surface area (Å²) in [5.41, 5.74) is 1.82. The van der Waals surface area contributed by atoms with Crippen LogP contribution in [0.2, 0.25) is 0 Å². The van der Waals surface area contributed by atoms with Crippen molar-refractivity contribution >= 4 is 17.8 Å². The summed E-state index contributed by atoms with van der Waals surface area (Å²) >= 11 is 0. The molecule has 0 fully saturated rings. The maximum Gasteiger partial charge on any atom is 0.253 e. The Morgan fingerprint density at radius 1 is 1.29 bits per heavy atom. The van der Waals surface area contributed by atoms with E-state index >= 15 is 0 Å². The molecule has 0 spiro atoms. The van der Waals surface area contributed by atoms with E-state index in [0.717, 1.165) is 0 Å². The lowest BCUT2D eigenvalue weighted by molar-refractivity contribution is 0.382. The average molecular weight is 194 g/mol. The van der Waals surface area contributed by atoms with Gasteiger partial charge >= 0.3 is 0 Å². The van der Waals surface area contributed by atoms with Crippen molar-refractivity contribution in [3.63, 3.8) is 0 Å². The predicted octanol–water partition coefficient (Wildman–Crippen LogP) is -0.241. The van der Waals surface area contributed by atoms with Crippen LogP contribution < -0.4 is 16.1 Å². The van der Waals surface area contributed by atoms with Gasteiger partial charge in [-0.2, -0.15) is 15.0 Å². The van der Waals surface area contributed by atoms with Gasteiger partial charge in [0, 0.05) is 7.05 Å². The van der Waals surface area contributed by atoms with Crippen molar-refractivity contribution in [2.24, 2.45) is 0 Å². The third-order valence-corrected chi connectivity index (χ3v) is 1.31. The van der Waals surface area contributed by atoms with Crippen LogP contribution in [0.5, 0.6) is 0 Å². The lowest BCUT2D eigenvalue weighted by atomic mass is 10.6. The number of terminal acetylenes is 1. The zero-order valence-corrected chi connectivity index (χ0v) is 7.57. The second-order valence-electron chi connectivity index (χ2n) is 2.23. The first kappa shape index (κ1) is 10.0. The van der Waals surface area contributed by atoms with Crippen molar-refractivity contribution in [1.29, 1.82) is 0 Å². The Kier molecular flexibility index (Phi) is 3.46. The maximum atomic E-state index is 8.61. The van der Waals surface area contributed by atoms with E-state index < -0.39 is 0 Å². The third-order valence-electron chi connectivity index (χ3n) is 1.31. The molecule has 0 bridgehead atoms. The first-order chi connectivity index (χ1) is 6.80. The lowest BCUT2D eigenvalue weighted by Gasteiger charge is -2.05. The number of aromatic nitrogens is 3. The summed E-state index contributed by atoms with van der Waals surface area (Å²) < 4.78 is 0. The van der Waals surface area contributed by atoms with Gasteiger partial charge in [0.15, 0.2) is 0 Å². The molecular formula is C7H10N6O. The van der Waals surface area contributed by atoms with E-state index in [2.05, 4.69) is 31.5 Å². The second-order valence-corrected chi connectivity index (χ2v) is 2.23. The lowest BCUT2D eigenvalue weighted by Crippen LogP contribution is -2.09. The molecule has 0 aliphatic carbocycles. The highest BCUT2D eigenvalue weighted by molar-refractivity contribution is 5.41. The smallest absolute Gasteiger partial charge is 0.253 e. The molecule has 0 aromatic carbocycles. The van der Waals surface area contributed by atoms with Gasteiger partial charge in [-0.25, -0.2) is 5.48 Å². The van der Waals surface area contributed by atoms with Gasteiger partial charge in [0.2, 0.25) is 11.9 Å². The highest BCUT2D eigenvalue weighted by Gasteiger charge is 2.02. The van der Waals surface area contributed by atoms with Crippen molar-refractivity contribution in [1.82, 2.24) is 15.0 Å². The molecule has 74 valence electrons. The van der Waals surface area contributed by atoms with Crippen LogP contribution in [-0.4, -0.2) is 33.8 Å². The Bertz CT molecular complexity index is 324. The number of hydrogen-bond acceptors (Lipinski definition) is 7. The van der Waals surface area contributed by atoms with Crippen molar-refractivity contribution < 1.29 is 5.21 Å². The van der Waals surface area contributed by atoms with E-state index in [1.54, 1.807) is 7.05 Å². The molecule has 1 rings (SSSR count). The molecule has 1 heterocycles. The molecule has 0 atom stereocenters. The molecule has 0 saturated heterocycles. The SMILES string of the molecule is C#CCNc1nc(NC)nc(NO)n1. The fraction of sp³-hybridized carbons (Fsp3) is 0.286. The molecule has 0 aliphatic rings. The number of hydrogen-bond donors (Lipinski definition) is 4. The Morgan fingerprint density at radius 2 is 1.93 bits per heavy atom. The first-order valence-corrected chi connectivity index (χ1v) is 3.81. The monoisotopic (exact) mass is 194 g/mol. The number of anilines is 3. The molecule has 0 amide bonds. The fourth-order valence-corrected chi connectivity index (χ4v) is 0.747. The van der Waals surface area contributed by atoms with Crippen LogP contribution in [0.15, 0.2) is 0 Å². The molecule has 0 saturated carbocycles. The van der Waals surface area contributed by atoms with Gasteiger partial charge in [0.05, 0.1) is 6.54 Å². The Labute approximate surface area is 80.9 Å². The van der Waals surface area contributed by atoms with Crippen LogP contribution in [0.3, 0.4) is 0 Å². The van der Waals surface area contributed by atoms with Gasteiger partial charge in [0.25, 0.3) is 5.95 Å². The molecular weight excluding hydrogens is 184 g/mol. The van der Waals surface area contributed by atoms with Crippen molar-refractivity contribution in [2.45, 2.75) is 0 Å². The van der Waals surface area contributed by atoms with E-state index in [0.29, 0.717) is 18.4 Å². The normalized spacial score (nSPS) is 8.93. The highest BCUT2D eigenvalue weighted by atomic mass is 16.5. The maximum absolute atomic E-state index is 8.61. The minimum absolute atomic E-state index is 0.0453. The van der Waals surface area contributed by atoms with E-state index in [1.165, 1.54) is 0 Å². The van der Waals surface area contributed by atoms with Crippen molar-refractivity contribution in [3.05, 3.63) is 0 Å². The van der Waals surface area contributed by atoms with E-state index in [-0.39, 0.29) is 5.95 Å². The fourth-order valence-electron chi connectivity index (χ4n) is 0.747. The molecule has 14 heavy (non-hydrogen) atoms. The average Bonchev–Trinajstić information content (AvgIpc) is 2.25. The highest BCUT2D eigenvalue weighted by Crippen LogP contribution is 2.07. The minimum atomic E-state index is 0.0453. The van der Waals surface area contributed by atoms with Crippen LogP contribution >= 0.6 is 0 Å². The molecule has 0 aliphatic heterocycles. The molecule has 1 aromatic rings.